The van der Waals surface area contributed by atoms with E-state index in [4.69, 9.17) is 6.42 Å². The monoisotopic (exact) mass is 284 g/mol. The van der Waals surface area contributed by atoms with Gasteiger partial charge in [-0.25, -0.2) is 0 Å². The van der Waals surface area contributed by atoms with Crippen LogP contribution in [0.25, 0.3) is 0 Å². The Bertz CT molecular complexity index is 576. The number of benzene rings is 1. The van der Waals surface area contributed by atoms with Gasteiger partial charge in [0.1, 0.15) is 11.6 Å². The molecule has 4 nitrogen and oxygen atoms in total. The van der Waals surface area contributed by atoms with Crippen molar-refractivity contribution < 1.29 is 9.59 Å². The van der Waals surface area contributed by atoms with Gasteiger partial charge >= 0.3 is 0 Å². The second-order valence-corrected chi connectivity index (χ2v) is 5.46. The van der Waals surface area contributed by atoms with E-state index in [1.807, 2.05) is 30.3 Å². The van der Waals surface area contributed by atoms with Crippen molar-refractivity contribution in [1.29, 1.82) is 0 Å². The largest absolute Gasteiger partial charge is 0.336 e. The first-order valence-electron chi connectivity index (χ1n) is 7.13. The molecule has 110 valence electrons. The zero-order chi connectivity index (χ0) is 15.5. The molecular formula is C17H20N2O2. The number of piperazine rings is 1. The molecule has 1 aliphatic heterocycles. The highest BCUT2D eigenvalue weighted by atomic mass is 16.2. The molecule has 2 rings (SSSR count). The average Bonchev–Trinajstić information content (AvgIpc) is 2.50. The number of nitrogens with zero attached hydrogens (tertiary/aromatic N) is 1. The number of amides is 2. The molecule has 2 unspecified atom stereocenters. The maximum Gasteiger partial charge on any atom is 0.253 e. The molecule has 1 aromatic rings. The Hall–Kier alpha value is -2.28. The molecule has 0 spiro atoms. The Kier molecular flexibility index (Phi) is 4.32. The van der Waals surface area contributed by atoms with Gasteiger partial charge in [0.15, 0.2) is 0 Å². The van der Waals surface area contributed by atoms with Crippen molar-refractivity contribution in [3.8, 4) is 12.3 Å². The van der Waals surface area contributed by atoms with Crippen molar-refractivity contribution in [3.05, 3.63) is 35.9 Å². The van der Waals surface area contributed by atoms with Gasteiger partial charge in [0.05, 0.1) is 0 Å². The van der Waals surface area contributed by atoms with Crippen LogP contribution in [0.1, 0.15) is 32.3 Å². The first-order valence-corrected chi connectivity index (χ1v) is 7.13. The van der Waals surface area contributed by atoms with Crippen LogP contribution in [0.4, 0.5) is 0 Å². The lowest BCUT2D eigenvalue weighted by Crippen LogP contribution is -2.66. The molecule has 21 heavy (non-hydrogen) atoms. The lowest BCUT2D eigenvalue weighted by Gasteiger charge is -2.43. The first kappa shape index (κ1) is 15.1. The third kappa shape index (κ3) is 2.78. The van der Waals surface area contributed by atoms with Crippen molar-refractivity contribution in [2.45, 2.75) is 38.3 Å². The van der Waals surface area contributed by atoms with Crippen molar-refractivity contribution in [1.82, 2.24) is 10.2 Å². The van der Waals surface area contributed by atoms with Gasteiger partial charge in [0.25, 0.3) is 5.91 Å². The Labute approximate surface area is 125 Å². The van der Waals surface area contributed by atoms with Gasteiger partial charge in [-0.1, -0.05) is 30.3 Å². The Morgan fingerprint density at radius 3 is 2.62 bits per heavy atom. The highest BCUT2D eigenvalue weighted by Gasteiger charge is 2.47. The maximum absolute atomic E-state index is 12.9. The fourth-order valence-corrected chi connectivity index (χ4v) is 2.62. The van der Waals surface area contributed by atoms with E-state index in [0.29, 0.717) is 19.4 Å². The van der Waals surface area contributed by atoms with Crippen molar-refractivity contribution in [3.63, 3.8) is 0 Å². The zero-order valence-corrected chi connectivity index (χ0v) is 12.4. The van der Waals surface area contributed by atoms with Crippen LogP contribution in [-0.4, -0.2) is 29.3 Å². The predicted octanol–water partition coefficient (Wildman–Crippen LogP) is 1.66. The van der Waals surface area contributed by atoms with E-state index in [1.165, 1.54) is 0 Å². The van der Waals surface area contributed by atoms with Crippen LogP contribution < -0.4 is 5.32 Å². The number of nitrogens with one attached hydrogen (secondary N) is 1. The van der Waals surface area contributed by atoms with Gasteiger partial charge in [-0.2, -0.15) is 0 Å². The second-order valence-electron chi connectivity index (χ2n) is 5.46. The molecule has 1 fully saturated rings. The van der Waals surface area contributed by atoms with E-state index in [1.54, 1.807) is 18.7 Å². The molecule has 0 radical (unpaired) electrons. The number of rotatable bonds is 4. The zero-order valence-electron chi connectivity index (χ0n) is 12.4. The van der Waals surface area contributed by atoms with Crippen molar-refractivity contribution in [2.75, 3.05) is 6.54 Å². The maximum atomic E-state index is 12.9. The summed E-state index contributed by atoms with van der Waals surface area (Å²) in [6.45, 7) is 4.00. The minimum Gasteiger partial charge on any atom is -0.336 e. The normalized spacial score (nSPS) is 25.4. The fraction of sp³-hybridized carbons (Fsp3) is 0.412. The van der Waals surface area contributed by atoms with Gasteiger partial charge in [-0.15, -0.1) is 12.3 Å². The molecule has 2 atom stereocenters. The van der Waals surface area contributed by atoms with Crippen molar-refractivity contribution in [2.24, 2.45) is 0 Å². The van der Waals surface area contributed by atoms with E-state index in [-0.39, 0.29) is 11.8 Å². The van der Waals surface area contributed by atoms with Crippen LogP contribution in [0.2, 0.25) is 0 Å². The summed E-state index contributed by atoms with van der Waals surface area (Å²) in [7, 11) is 0. The number of carbonyl (C=O) groups excluding carboxylic acids is 2. The second kappa shape index (κ2) is 6.01. The Morgan fingerprint density at radius 2 is 2.00 bits per heavy atom. The van der Waals surface area contributed by atoms with E-state index in [0.717, 1.165) is 5.56 Å². The Morgan fingerprint density at radius 1 is 1.33 bits per heavy atom. The van der Waals surface area contributed by atoms with Gasteiger partial charge in [0.2, 0.25) is 5.91 Å². The Balaban J connectivity index is 2.30. The van der Waals surface area contributed by atoms with Gasteiger partial charge in [-0.3, -0.25) is 9.59 Å². The lowest BCUT2D eigenvalue weighted by atomic mass is 9.87. The van der Waals surface area contributed by atoms with Gasteiger partial charge < -0.3 is 10.2 Å². The van der Waals surface area contributed by atoms with Crippen LogP contribution in [0.3, 0.4) is 0 Å². The van der Waals surface area contributed by atoms with Crippen LogP contribution in [0, 0.1) is 12.3 Å². The highest BCUT2D eigenvalue weighted by Crippen LogP contribution is 2.28. The van der Waals surface area contributed by atoms with E-state index in [2.05, 4.69) is 11.2 Å². The molecule has 1 aromatic carbocycles. The predicted molar refractivity (Wildman–Crippen MR) is 81.2 cm³/mol. The van der Waals surface area contributed by atoms with E-state index < -0.39 is 11.6 Å². The highest BCUT2D eigenvalue weighted by molar-refractivity contribution is 6.00. The standard InChI is InChI=1S/C17H20N2O2/c1-4-5-9-12-19-13(2)15(20)18-17(3,16(19)21)14-10-7-6-8-11-14/h1,6-8,10-11,13H,5,9,12H2,2-3H3,(H,18,20). The minimum absolute atomic E-state index is 0.0854. The van der Waals surface area contributed by atoms with E-state index >= 15 is 0 Å². The number of hydrogen-bond donors (Lipinski definition) is 1. The molecule has 4 heteroatoms. The van der Waals surface area contributed by atoms with Crippen LogP contribution >= 0.6 is 0 Å². The number of hydrogen-bond acceptors (Lipinski definition) is 2. The molecule has 0 bridgehead atoms. The summed E-state index contributed by atoms with van der Waals surface area (Å²) >= 11 is 0. The quantitative estimate of drug-likeness (QED) is 0.675. The lowest BCUT2D eigenvalue weighted by molar-refractivity contribution is -0.154. The summed E-state index contributed by atoms with van der Waals surface area (Å²) in [5, 5.41) is 2.86. The summed E-state index contributed by atoms with van der Waals surface area (Å²) < 4.78 is 0. The van der Waals surface area contributed by atoms with E-state index in [9.17, 15) is 9.59 Å². The molecule has 1 N–H and O–H groups in total. The third-order valence-corrected chi connectivity index (χ3v) is 3.98. The molecule has 0 aromatic heterocycles. The minimum atomic E-state index is -1.01. The summed E-state index contributed by atoms with van der Waals surface area (Å²) in [6.07, 6.45) is 6.55. The summed E-state index contributed by atoms with van der Waals surface area (Å²) in [4.78, 5) is 26.7. The molecule has 2 amide bonds. The average molecular weight is 284 g/mol. The number of terminal acetylenes is 1. The van der Waals surface area contributed by atoms with Gasteiger partial charge in [-0.05, 0) is 25.8 Å². The van der Waals surface area contributed by atoms with Crippen LogP contribution in [0.5, 0.6) is 0 Å². The molecule has 1 heterocycles. The SMILES string of the molecule is C#CCCCN1C(=O)C(C)(c2ccccc2)NC(=O)C1C. The molecule has 0 saturated carbocycles. The fourth-order valence-electron chi connectivity index (χ4n) is 2.62. The summed E-state index contributed by atoms with van der Waals surface area (Å²) in [5.74, 6) is 2.34. The molecule has 0 aliphatic carbocycles. The first-order chi connectivity index (χ1) is 10.0. The molecular weight excluding hydrogens is 264 g/mol. The topological polar surface area (TPSA) is 49.4 Å². The smallest absolute Gasteiger partial charge is 0.253 e. The van der Waals surface area contributed by atoms with Gasteiger partial charge in [0, 0.05) is 13.0 Å². The molecule has 1 aliphatic rings. The summed E-state index contributed by atoms with van der Waals surface area (Å²) in [5.41, 5.74) is -0.224. The van der Waals surface area contributed by atoms with Crippen LogP contribution in [-0.2, 0) is 15.1 Å². The molecule has 1 saturated heterocycles. The number of carbonyl (C=O) groups is 2. The summed E-state index contributed by atoms with van der Waals surface area (Å²) in [6, 6.07) is 8.85. The third-order valence-electron chi connectivity index (χ3n) is 3.98. The van der Waals surface area contributed by atoms with Crippen molar-refractivity contribution >= 4 is 11.8 Å². The number of unbranched alkanes of at least 4 members (excludes halogenated alkanes) is 1. The van der Waals surface area contributed by atoms with Crippen LogP contribution in [0.15, 0.2) is 30.3 Å².